The van der Waals surface area contributed by atoms with Crippen LogP contribution in [-0.2, 0) is 0 Å². The van der Waals surface area contributed by atoms with E-state index in [1.807, 2.05) is 60.7 Å². The Bertz CT molecular complexity index is 2630. The summed E-state index contributed by atoms with van der Waals surface area (Å²) in [5.41, 5.74) is 5.34. The molecule has 0 saturated carbocycles. The molecule has 0 N–H and O–H groups in total. The Morgan fingerprint density at radius 1 is 0.327 bits per heavy atom. The van der Waals surface area contributed by atoms with Gasteiger partial charge in [0.1, 0.15) is 0 Å². The fourth-order valence-electron chi connectivity index (χ4n) is 7.16. The van der Waals surface area contributed by atoms with Crippen molar-refractivity contribution in [2.45, 2.75) is 0 Å². The predicted molar refractivity (Wildman–Crippen MR) is 191 cm³/mol. The lowest BCUT2D eigenvalue weighted by molar-refractivity contribution is 0.463. The Labute approximate surface area is 279 Å². The zero-order valence-electron chi connectivity index (χ0n) is 25.9. The molecule has 5 heteroatoms. The van der Waals surface area contributed by atoms with Crippen LogP contribution in [0.5, 0.6) is 0 Å². The fourth-order valence-corrected chi connectivity index (χ4v) is 7.16. The lowest BCUT2D eigenvalue weighted by Gasteiger charge is -2.14. The van der Waals surface area contributed by atoms with Crippen LogP contribution in [0.2, 0.25) is 0 Å². The summed E-state index contributed by atoms with van der Waals surface area (Å²) in [5.74, 6) is -5.74. The maximum atomic E-state index is 15.9. The molecule has 0 radical (unpaired) electrons. The molecule has 0 saturated heterocycles. The third-order valence-electron chi connectivity index (χ3n) is 9.42. The molecule has 0 atom stereocenters. The minimum Gasteiger partial charge on any atom is -0.309 e. The van der Waals surface area contributed by atoms with Gasteiger partial charge in [-0.2, -0.15) is 0 Å². The summed E-state index contributed by atoms with van der Waals surface area (Å²) in [6.07, 6.45) is 0. The molecule has 0 aliphatic heterocycles. The first-order valence-electron chi connectivity index (χ1n) is 16.0. The number of halogens is 4. The van der Waals surface area contributed by atoms with Crippen LogP contribution in [0.15, 0.2) is 152 Å². The van der Waals surface area contributed by atoms with Crippen LogP contribution in [0.1, 0.15) is 0 Å². The Morgan fingerprint density at radius 2 is 0.714 bits per heavy atom. The van der Waals surface area contributed by atoms with Gasteiger partial charge in [0.05, 0.1) is 22.2 Å². The Balaban J connectivity index is 1.29. The number of benzene rings is 8. The summed E-state index contributed by atoms with van der Waals surface area (Å²) in [6, 6.07) is 47.3. The van der Waals surface area contributed by atoms with Crippen molar-refractivity contribution in [1.29, 1.82) is 0 Å². The van der Waals surface area contributed by atoms with Gasteiger partial charge in [0.2, 0.25) is 0 Å². The van der Waals surface area contributed by atoms with Gasteiger partial charge in [-0.05, 0) is 80.6 Å². The molecule has 1 heterocycles. The maximum Gasteiger partial charge on any atom is 0.170 e. The number of aromatic nitrogens is 1. The minimum atomic E-state index is -1.44. The Hall–Kier alpha value is -6.20. The molecule has 0 spiro atoms. The summed E-state index contributed by atoms with van der Waals surface area (Å²) < 4.78 is 65.1. The zero-order valence-corrected chi connectivity index (χ0v) is 25.9. The van der Waals surface area contributed by atoms with Crippen molar-refractivity contribution in [3.8, 4) is 50.2 Å². The fraction of sp³-hybridized carbons (Fsp3) is 0. The highest BCUT2D eigenvalue weighted by molar-refractivity contribution is 6.25. The summed E-state index contributed by atoms with van der Waals surface area (Å²) in [4.78, 5) is 0. The minimum absolute atomic E-state index is 0.0414. The molecule has 0 unspecified atom stereocenters. The van der Waals surface area contributed by atoms with Crippen molar-refractivity contribution in [1.82, 2.24) is 4.57 Å². The van der Waals surface area contributed by atoms with Crippen LogP contribution < -0.4 is 0 Å². The van der Waals surface area contributed by atoms with Crippen LogP contribution in [0.3, 0.4) is 0 Å². The zero-order chi connectivity index (χ0) is 33.2. The average Bonchev–Trinajstić information content (AvgIpc) is 3.49. The van der Waals surface area contributed by atoms with Gasteiger partial charge in [0.15, 0.2) is 23.3 Å². The molecule has 49 heavy (non-hydrogen) atoms. The molecule has 0 amide bonds. The molecule has 9 rings (SSSR count). The highest BCUT2D eigenvalue weighted by atomic mass is 19.2. The van der Waals surface area contributed by atoms with Crippen molar-refractivity contribution in [2.24, 2.45) is 0 Å². The van der Waals surface area contributed by atoms with E-state index in [-0.39, 0.29) is 11.1 Å². The quantitative estimate of drug-likeness (QED) is 0.0999. The second kappa shape index (κ2) is 11.2. The molecule has 1 aromatic heterocycles. The SMILES string of the molecule is Fc1c(F)c(-c2cc3ccc4cc(-c5ccc(-c6ccccc6)cc5)cc5c4c3c(c2)n5-c2ccccc2)c(F)c(F)c1-c1ccccc1. The first-order chi connectivity index (χ1) is 24.0. The summed E-state index contributed by atoms with van der Waals surface area (Å²) in [7, 11) is 0. The lowest BCUT2D eigenvalue weighted by Crippen LogP contribution is -2.03. The largest absolute Gasteiger partial charge is 0.309 e. The topological polar surface area (TPSA) is 4.93 Å². The van der Waals surface area contributed by atoms with Gasteiger partial charge in [-0.25, -0.2) is 17.6 Å². The molecule has 0 aliphatic carbocycles. The van der Waals surface area contributed by atoms with Crippen molar-refractivity contribution in [3.05, 3.63) is 175 Å². The van der Waals surface area contributed by atoms with Crippen molar-refractivity contribution >= 4 is 32.6 Å². The third-order valence-corrected chi connectivity index (χ3v) is 9.42. The molecule has 1 nitrogen and oxygen atoms in total. The maximum absolute atomic E-state index is 15.9. The molecule has 234 valence electrons. The number of hydrogen-bond donors (Lipinski definition) is 0. The van der Waals surface area contributed by atoms with E-state index in [1.54, 1.807) is 30.3 Å². The van der Waals surface area contributed by atoms with Crippen LogP contribution in [0.25, 0.3) is 82.8 Å². The van der Waals surface area contributed by atoms with Gasteiger partial charge in [-0.1, -0.05) is 115 Å². The van der Waals surface area contributed by atoms with Crippen LogP contribution in [-0.4, -0.2) is 4.57 Å². The highest BCUT2D eigenvalue weighted by Gasteiger charge is 2.28. The second-order valence-electron chi connectivity index (χ2n) is 12.2. The second-order valence-corrected chi connectivity index (χ2v) is 12.2. The smallest absolute Gasteiger partial charge is 0.170 e. The van der Waals surface area contributed by atoms with Crippen molar-refractivity contribution in [3.63, 3.8) is 0 Å². The van der Waals surface area contributed by atoms with E-state index >= 15 is 17.6 Å². The van der Waals surface area contributed by atoms with Gasteiger partial charge in [-0.15, -0.1) is 0 Å². The standard InChI is InChI=1S/C44H25F4N/c45-41-39(29-12-6-2-7-13-29)42(46)44(48)40(43(41)47)33-23-31-21-20-30-22-32(28-18-16-27(17-19-28)26-10-4-1-5-11-26)24-35-37(30)38(31)36(25-33)49(35)34-14-8-3-9-15-34/h1-25H. The van der Waals surface area contributed by atoms with Gasteiger partial charge >= 0.3 is 0 Å². The number of para-hydroxylation sites is 1. The molecular formula is C44H25F4N. The van der Waals surface area contributed by atoms with E-state index in [2.05, 4.69) is 53.1 Å². The number of hydrogen-bond acceptors (Lipinski definition) is 0. The Morgan fingerprint density at radius 3 is 1.24 bits per heavy atom. The van der Waals surface area contributed by atoms with E-state index in [9.17, 15) is 0 Å². The van der Waals surface area contributed by atoms with Crippen molar-refractivity contribution in [2.75, 3.05) is 0 Å². The lowest BCUT2D eigenvalue weighted by atomic mass is 9.93. The summed E-state index contributed by atoms with van der Waals surface area (Å²) >= 11 is 0. The third kappa shape index (κ3) is 4.54. The van der Waals surface area contributed by atoms with Crippen LogP contribution >= 0.6 is 0 Å². The van der Waals surface area contributed by atoms with Crippen molar-refractivity contribution < 1.29 is 17.6 Å². The average molecular weight is 644 g/mol. The van der Waals surface area contributed by atoms with E-state index in [1.165, 1.54) is 12.1 Å². The van der Waals surface area contributed by atoms with Gasteiger partial charge in [-0.3, -0.25) is 0 Å². The highest BCUT2D eigenvalue weighted by Crippen LogP contribution is 2.45. The van der Waals surface area contributed by atoms with Crippen LogP contribution in [0.4, 0.5) is 17.6 Å². The first-order valence-corrected chi connectivity index (χ1v) is 16.0. The molecule has 0 aliphatic rings. The van der Waals surface area contributed by atoms with E-state index in [0.29, 0.717) is 10.9 Å². The van der Waals surface area contributed by atoms with E-state index in [0.717, 1.165) is 49.6 Å². The molecule has 8 aromatic carbocycles. The monoisotopic (exact) mass is 643 g/mol. The van der Waals surface area contributed by atoms with E-state index in [4.69, 9.17) is 0 Å². The normalized spacial score (nSPS) is 11.7. The summed E-state index contributed by atoms with van der Waals surface area (Å²) in [6.45, 7) is 0. The van der Waals surface area contributed by atoms with Gasteiger partial charge in [0.25, 0.3) is 0 Å². The van der Waals surface area contributed by atoms with Crippen LogP contribution in [0, 0.1) is 23.3 Å². The van der Waals surface area contributed by atoms with Gasteiger partial charge < -0.3 is 4.57 Å². The summed E-state index contributed by atoms with van der Waals surface area (Å²) in [5, 5.41) is 3.59. The Kier molecular flexibility index (Phi) is 6.63. The molecule has 0 bridgehead atoms. The predicted octanol–water partition coefficient (Wildman–Crippen LogP) is 12.6. The number of nitrogens with zero attached hydrogens (tertiary/aromatic N) is 1. The molecule has 0 fully saturated rings. The van der Waals surface area contributed by atoms with E-state index < -0.39 is 34.4 Å². The first kappa shape index (κ1) is 29.0. The molecular weight excluding hydrogens is 618 g/mol. The number of rotatable bonds is 5. The van der Waals surface area contributed by atoms with Gasteiger partial charge in [0, 0.05) is 16.5 Å². The molecule has 9 aromatic rings.